The van der Waals surface area contributed by atoms with Crippen molar-refractivity contribution in [2.45, 2.75) is 12.8 Å². The molecule has 0 amide bonds. The molecule has 1 aliphatic rings. The summed E-state index contributed by atoms with van der Waals surface area (Å²) in [6, 6.07) is 54.7. The van der Waals surface area contributed by atoms with Crippen LogP contribution >= 0.6 is 22.7 Å². The molecule has 0 atom stereocenters. The van der Waals surface area contributed by atoms with Gasteiger partial charge >= 0.3 is 0 Å². The minimum absolute atomic E-state index is 0.645. The second-order valence-electron chi connectivity index (χ2n) is 13.9. The van der Waals surface area contributed by atoms with Gasteiger partial charge in [-0.2, -0.15) is 0 Å². The maximum atomic E-state index is 5.51. The van der Waals surface area contributed by atoms with E-state index in [0.29, 0.717) is 17.5 Å². The Kier molecular flexibility index (Phi) is 7.93. The highest BCUT2D eigenvalue weighted by Gasteiger charge is 2.27. The maximum absolute atomic E-state index is 5.51. The van der Waals surface area contributed by atoms with Gasteiger partial charge in [-0.15, -0.1) is 22.7 Å². The Hall–Kier alpha value is -6.67. The summed E-state index contributed by atoms with van der Waals surface area (Å²) in [5.41, 5.74) is 10.5. The summed E-state index contributed by atoms with van der Waals surface area (Å²) in [6.07, 6.45) is 4.20. The summed E-state index contributed by atoms with van der Waals surface area (Å²) in [4.78, 5) is 27.6. The molecule has 0 radical (unpaired) electrons. The molecule has 1 aliphatic carbocycles. The Morgan fingerprint density at radius 2 is 1.05 bits per heavy atom. The van der Waals surface area contributed by atoms with Crippen molar-refractivity contribution in [2.75, 3.05) is 0 Å². The minimum Gasteiger partial charge on any atom is -0.226 e. The number of nitrogens with zero attached hydrogens (tertiary/aromatic N) is 5. The largest absolute Gasteiger partial charge is 0.226 e. The molecule has 0 unspecified atom stereocenters. The zero-order valence-corrected chi connectivity index (χ0v) is 31.7. The first kappa shape index (κ1) is 32.7. The molecule has 56 heavy (non-hydrogen) atoms. The van der Waals surface area contributed by atoms with Crippen LogP contribution in [-0.4, -0.2) is 24.9 Å². The van der Waals surface area contributed by atoms with E-state index < -0.39 is 0 Å². The lowest BCUT2D eigenvalue weighted by atomic mass is 9.91. The molecule has 0 bridgehead atoms. The number of thiophene rings is 2. The number of hydrogen-bond donors (Lipinski definition) is 0. The van der Waals surface area contributed by atoms with Crippen molar-refractivity contribution in [1.29, 1.82) is 0 Å². The quantitative estimate of drug-likeness (QED) is 0.169. The fourth-order valence-corrected chi connectivity index (χ4v) is 10.2. The summed E-state index contributed by atoms with van der Waals surface area (Å²) < 4.78 is 3.50. The molecule has 264 valence electrons. The molecule has 11 rings (SSSR count). The third-order valence-electron chi connectivity index (χ3n) is 10.4. The topological polar surface area (TPSA) is 64.5 Å². The van der Waals surface area contributed by atoms with Gasteiger partial charge in [-0.1, -0.05) is 146 Å². The molecule has 7 heteroatoms. The maximum Gasteiger partial charge on any atom is 0.164 e. The molecule has 4 heterocycles. The number of aromatic nitrogens is 5. The lowest BCUT2D eigenvalue weighted by Crippen LogP contribution is -2.04. The zero-order valence-electron chi connectivity index (χ0n) is 30.1. The predicted octanol–water partition coefficient (Wildman–Crippen LogP) is 13.0. The van der Waals surface area contributed by atoms with Gasteiger partial charge in [0.2, 0.25) is 0 Å². The molecule has 0 spiro atoms. The number of hydrogen-bond acceptors (Lipinski definition) is 7. The van der Waals surface area contributed by atoms with Gasteiger partial charge in [0.05, 0.1) is 15.9 Å². The molecule has 5 nitrogen and oxygen atoms in total. The number of benzene rings is 6. The highest BCUT2D eigenvalue weighted by Crippen LogP contribution is 2.47. The van der Waals surface area contributed by atoms with Gasteiger partial charge in [0.15, 0.2) is 23.3 Å². The third kappa shape index (κ3) is 5.63. The Bertz CT molecular complexity index is 3070. The van der Waals surface area contributed by atoms with Crippen molar-refractivity contribution in [3.63, 3.8) is 0 Å². The van der Waals surface area contributed by atoms with Crippen molar-refractivity contribution < 1.29 is 0 Å². The van der Waals surface area contributed by atoms with Crippen molar-refractivity contribution in [2.24, 2.45) is 0 Å². The van der Waals surface area contributed by atoms with E-state index in [1.54, 1.807) is 11.3 Å². The van der Waals surface area contributed by atoms with Crippen LogP contribution in [0, 0.1) is 0 Å². The highest BCUT2D eigenvalue weighted by atomic mass is 32.1. The first-order chi connectivity index (χ1) is 27.7. The number of fused-ring (bicyclic) bond motifs is 6. The Labute approximate surface area is 331 Å². The molecule has 0 aliphatic heterocycles. The third-order valence-corrected chi connectivity index (χ3v) is 12.8. The molecular formula is C49H31N5S2. The van der Waals surface area contributed by atoms with Crippen LogP contribution in [0.1, 0.15) is 22.7 Å². The van der Waals surface area contributed by atoms with Crippen molar-refractivity contribution in [1.82, 2.24) is 24.9 Å². The van der Waals surface area contributed by atoms with Crippen LogP contribution in [0.5, 0.6) is 0 Å². The molecule has 0 fully saturated rings. The first-order valence-electron chi connectivity index (χ1n) is 18.7. The van der Waals surface area contributed by atoms with E-state index in [9.17, 15) is 0 Å². The van der Waals surface area contributed by atoms with Crippen LogP contribution in [0.15, 0.2) is 164 Å². The zero-order chi connectivity index (χ0) is 37.0. The SMILES string of the molecule is C1=C(c2nc(-c3cccc(-c4ccccc4)c3)c3sc4ccccc4c3n2)c2c(sc3cccc(-c4nc(-c5ccccc5)nc(-c5ccccc5)n4)c23)CC1. The average molecular weight is 754 g/mol. The molecule has 0 saturated heterocycles. The van der Waals surface area contributed by atoms with Gasteiger partial charge in [0.1, 0.15) is 0 Å². The monoisotopic (exact) mass is 753 g/mol. The average Bonchev–Trinajstić information content (AvgIpc) is 3.86. The van der Waals surface area contributed by atoms with Gasteiger partial charge in [-0.25, -0.2) is 24.9 Å². The van der Waals surface area contributed by atoms with Crippen molar-refractivity contribution in [3.05, 3.63) is 180 Å². The predicted molar refractivity (Wildman–Crippen MR) is 233 cm³/mol. The Balaban J connectivity index is 1.13. The number of allylic oxidation sites excluding steroid dienone is 1. The molecular weight excluding hydrogens is 723 g/mol. The second-order valence-corrected chi connectivity index (χ2v) is 16.1. The van der Waals surface area contributed by atoms with Gasteiger partial charge in [0, 0.05) is 58.4 Å². The Morgan fingerprint density at radius 1 is 0.446 bits per heavy atom. The summed E-state index contributed by atoms with van der Waals surface area (Å²) in [5.74, 6) is 2.67. The van der Waals surface area contributed by atoms with Gasteiger partial charge in [-0.05, 0) is 42.2 Å². The van der Waals surface area contributed by atoms with Gasteiger partial charge in [0.25, 0.3) is 0 Å². The fourth-order valence-electron chi connectivity index (χ4n) is 7.81. The molecule has 10 aromatic rings. The van der Waals surface area contributed by atoms with Crippen molar-refractivity contribution in [3.8, 4) is 56.5 Å². The van der Waals surface area contributed by atoms with Crippen LogP contribution in [0.4, 0.5) is 0 Å². The van der Waals surface area contributed by atoms with Crippen LogP contribution in [0.2, 0.25) is 0 Å². The first-order valence-corrected chi connectivity index (χ1v) is 20.4. The lowest BCUT2D eigenvalue weighted by Gasteiger charge is -2.17. The van der Waals surface area contributed by atoms with Crippen molar-refractivity contribution >= 4 is 58.6 Å². The fraction of sp³-hybridized carbons (Fsp3) is 0.0408. The van der Waals surface area contributed by atoms with E-state index in [1.165, 1.54) is 25.4 Å². The van der Waals surface area contributed by atoms with Crippen LogP contribution in [0.3, 0.4) is 0 Å². The normalized spacial score (nSPS) is 12.6. The Morgan fingerprint density at radius 3 is 1.80 bits per heavy atom. The van der Waals surface area contributed by atoms with E-state index in [0.717, 1.165) is 78.7 Å². The summed E-state index contributed by atoms with van der Waals surface area (Å²) in [6.45, 7) is 0. The van der Waals surface area contributed by atoms with E-state index >= 15 is 0 Å². The van der Waals surface area contributed by atoms with E-state index in [1.807, 2.05) is 47.7 Å². The summed E-state index contributed by atoms with van der Waals surface area (Å²) in [5, 5.41) is 2.28. The second kappa shape index (κ2) is 13.6. The standard InChI is InChI=1S/C49H31N5S2/c1-4-15-30(16-5-1)33-21-12-22-34(29-33)43-45-44(35-23-10-11-26-38(35)56-45)51-48(50-43)36-24-13-27-39-41(36)42-37(25-14-28-40(42)55-39)49-53-46(31-17-6-2-7-18-31)52-47(54-49)32-19-8-3-9-20-32/h1-12,14-26,28-29H,13,27H2. The van der Waals surface area contributed by atoms with E-state index in [4.69, 9.17) is 24.9 Å². The highest BCUT2D eigenvalue weighted by molar-refractivity contribution is 7.26. The smallest absolute Gasteiger partial charge is 0.164 e. The molecule has 0 N–H and O–H groups in total. The van der Waals surface area contributed by atoms with E-state index in [-0.39, 0.29) is 0 Å². The molecule has 4 aromatic heterocycles. The molecule has 6 aromatic carbocycles. The summed E-state index contributed by atoms with van der Waals surface area (Å²) in [7, 11) is 0. The lowest BCUT2D eigenvalue weighted by molar-refractivity contribution is 0.998. The number of aryl methyl sites for hydroxylation is 1. The number of rotatable bonds is 6. The van der Waals surface area contributed by atoms with Crippen LogP contribution < -0.4 is 0 Å². The minimum atomic E-state index is 0.645. The van der Waals surface area contributed by atoms with Gasteiger partial charge in [-0.3, -0.25) is 0 Å². The van der Waals surface area contributed by atoms with Crippen LogP contribution in [-0.2, 0) is 6.42 Å². The van der Waals surface area contributed by atoms with E-state index in [2.05, 4.69) is 127 Å². The summed E-state index contributed by atoms with van der Waals surface area (Å²) >= 11 is 3.61. The van der Waals surface area contributed by atoms with Gasteiger partial charge < -0.3 is 0 Å². The van der Waals surface area contributed by atoms with Crippen LogP contribution in [0.25, 0.3) is 92.5 Å². The molecule has 0 saturated carbocycles.